The fourth-order valence-electron chi connectivity index (χ4n) is 4.76. The topological polar surface area (TPSA) is 296 Å². The third-order valence-electron chi connectivity index (χ3n) is 7.78. The number of primary amides is 2. The van der Waals surface area contributed by atoms with Gasteiger partial charge in [0.2, 0.25) is 29.5 Å². The Balaban J connectivity index is 3.21. The molecule has 0 fully saturated rings. The van der Waals surface area contributed by atoms with Crippen LogP contribution in [0.1, 0.15) is 88.6 Å². The van der Waals surface area contributed by atoms with Crippen LogP contribution in [0.3, 0.4) is 0 Å². The summed E-state index contributed by atoms with van der Waals surface area (Å²) in [6, 6.07) is -0.0898. The first-order valence-electron chi connectivity index (χ1n) is 17.6. The molecule has 0 aliphatic carbocycles. The molecule has 0 aromatic heterocycles. The minimum absolute atomic E-state index is 0.00968. The van der Waals surface area contributed by atoms with Crippen molar-refractivity contribution in [2.75, 3.05) is 32.1 Å². The molecule has 10 N–H and O–H groups in total. The van der Waals surface area contributed by atoms with Crippen LogP contribution in [0.4, 0.5) is 10.5 Å². The van der Waals surface area contributed by atoms with Crippen molar-refractivity contribution in [3.05, 3.63) is 29.3 Å². The Morgan fingerprint density at radius 1 is 0.815 bits per heavy atom. The quantitative estimate of drug-likeness (QED) is 0.0470. The van der Waals surface area contributed by atoms with Crippen LogP contribution < -0.4 is 43.4 Å². The fourth-order valence-corrected chi connectivity index (χ4v) is 4.76. The molecule has 0 aliphatic rings. The van der Waals surface area contributed by atoms with Gasteiger partial charge in [-0.2, -0.15) is 0 Å². The summed E-state index contributed by atoms with van der Waals surface area (Å²) >= 11 is 0. The Hall–Kier alpha value is -5.59. The van der Waals surface area contributed by atoms with Crippen LogP contribution in [0.5, 0.6) is 0 Å². The molecule has 1 rings (SSSR count). The van der Waals surface area contributed by atoms with Crippen LogP contribution in [-0.4, -0.2) is 98.2 Å². The van der Waals surface area contributed by atoms with E-state index in [9.17, 15) is 43.2 Å². The number of nitrogens with two attached hydrogens (primary N) is 2. The molecule has 19 nitrogen and oxygen atoms in total. The number of Topliss-reactive ketones (excluding diaryl/α,β-unsaturated/α-hetero) is 1. The van der Waals surface area contributed by atoms with Crippen molar-refractivity contribution in [2.45, 2.75) is 97.4 Å². The Morgan fingerprint density at radius 3 is 2.07 bits per heavy atom. The molecule has 300 valence electrons. The third-order valence-corrected chi connectivity index (χ3v) is 7.78. The highest BCUT2D eigenvalue weighted by Crippen LogP contribution is 2.19. The third kappa shape index (κ3) is 18.3. The summed E-state index contributed by atoms with van der Waals surface area (Å²) in [5.74, 6) is -5.10. The predicted octanol–water partition coefficient (Wildman–Crippen LogP) is -0.352. The van der Waals surface area contributed by atoms with E-state index in [1.165, 1.54) is 32.2 Å². The van der Waals surface area contributed by atoms with Gasteiger partial charge >= 0.3 is 12.0 Å². The van der Waals surface area contributed by atoms with Crippen molar-refractivity contribution in [3.63, 3.8) is 0 Å². The molecular formula is C35H54N8O11. The Bertz CT molecular complexity index is 1500. The maximum absolute atomic E-state index is 13.7. The molecule has 1 aromatic rings. The van der Waals surface area contributed by atoms with Gasteiger partial charge in [0.15, 0.2) is 0 Å². The number of esters is 1. The molecule has 54 heavy (non-hydrogen) atoms. The average molecular weight is 763 g/mol. The van der Waals surface area contributed by atoms with E-state index in [4.69, 9.17) is 20.9 Å². The lowest BCUT2D eigenvalue weighted by molar-refractivity contribution is -0.144. The van der Waals surface area contributed by atoms with E-state index in [-0.39, 0.29) is 88.3 Å². The van der Waals surface area contributed by atoms with E-state index >= 15 is 0 Å². The number of carbonyl (C=O) groups is 9. The summed E-state index contributed by atoms with van der Waals surface area (Å²) in [6.45, 7) is 6.32. The van der Waals surface area contributed by atoms with Crippen LogP contribution in [0.15, 0.2) is 18.2 Å². The normalized spacial score (nSPS) is 12.3. The van der Waals surface area contributed by atoms with Gasteiger partial charge in [-0.05, 0) is 44.2 Å². The molecule has 0 heterocycles. The Morgan fingerprint density at radius 2 is 1.48 bits per heavy atom. The lowest BCUT2D eigenvalue weighted by Gasteiger charge is -2.27. The highest BCUT2D eigenvalue weighted by Gasteiger charge is 2.32. The van der Waals surface area contributed by atoms with Gasteiger partial charge in [0.25, 0.3) is 5.91 Å². The Labute approximate surface area is 314 Å². The average Bonchev–Trinajstić information content (AvgIpc) is 3.11. The monoisotopic (exact) mass is 762 g/mol. The van der Waals surface area contributed by atoms with Gasteiger partial charge < -0.3 is 52.8 Å². The molecule has 19 heteroatoms. The minimum atomic E-state index is -1.25. The van der Waals surface area contributed by atoms with Crippen molar-refractivity contribution in [1.82, 2.24) is 26.6 Å². The summed E-state index contributed by atoms with van der Waals surface area (Å²) in [6.07, 6.45) is -0.0319. The van der Waals surface area contributed by atoms with Crippen LogP contribution in [0.2, 0.25) is 0 Å². The number of hydrogen-bond donors (Lipinski definition) is 8. The second-order valence-electron chi connectivity index (χ2n) is 12.6. The smallest absolute Gasteiger partial charge is 0.312 e. The fraction of sp³-hybridized carbons (Fsp3) is 0.571. The number of ether oxygens (including phenoxy) is 2. The number of rotatable bonds is 25. The molecule has 0 unspecified atom stereocenters. The van der Waals surface area contributed by atoms with Crippen molar-refractivity contribution >= 4 is 58.9 Å². The molecule has 0 radical (unpaired) electrons. The molecule has 1 aromatic carbocycles. The van der Waals surface area contributed by atoms with Crippen LogP contribution in [-0.2, 0) is 49.6 Å². The van der Waals surface area contributed by atoms with Crippen LogP contribution in [0, 0.1) is 5.92 Å². The van der Waals surface area contributed by atoms with E-state index in [0.717, 1.165) is 0 Å². The number of hydrogen-bond acceptors (Lipinski definition) is 11. The minimum Gasteiger partial charge on any atom is -0.461 e. The largest absolute Gasteiger partial charge is 0.461 e. The van der Waals surface area contributed by atoms with Crippen molar-refractivity contribution in [3.8, 4) is 0 Å². The second-order valence-corrected chi connectivity index (χ2v) is 12.6. The van der Waals surface area contributed by atoms with E-state index in [0.29, 0.717) is 5.56 Å². The maximum atomic E-state index is 13.7. The molecular weight excluding hydrogens is 708 g/mol. The lowest BCUT2D eigenvalue weighted by atomic mass is 10.0. The first kappa shape index (κ1) is 46.4. The van der Waals surface area contributed by atoms with Gasteiger partial charge in [0, 0.05) is 56.1 Å². The summed E-state index contributed by atoms with van der Waals surface area (Å²) in [7, 11) is 1.41. The summed E-state index contributed by atoms with van der Waals surface area (Å²) in [5, 5.41) is 15.3. The summed E-state index contributed by atoms with van der Waals surface area (Å²) in [4.78, 5) is 111. The first-order chi connectivity index (χ1) is 25.5. The number of anilines is 1. The predicted molar refractivity (Wildman–Crippen MR) is 195 cm³/mol. The van der Waals surface area contributed by atoms with Crippen LogP contribution >= 0.6 is 0 Å². The molecule has 0 saturated heterocycles. The zero-order chi connectivity index (χ0) is 40.8. The second kappa shape index (κ2) is 24.6. The number of carbonyl (C=O) groups excluding carboxylic acids is 9. The van der Waals surface area contributed by atoms with E-state index in [1.54, 1.807) is 20.8 Å². The number of nitrogens with one attached hydrogen (secondary N) is 6. The van der Waals surface area contributed by atoms with E-state index in [1.807, 2.05) is 0 Å². The van der Waals surface area contributed by atoms with Gasteiger partial charge in [-0.1, -0.05) is 26.8 Å². The zero-order valence-corrected chi connectivity index (χ0v) is 31.5. The van der Waals surface area contributed by atoms with Gasteiger partial charge in [-0.3, -0.25) is 38.4 Å². The molecule has 0 spiro atoms. The van der Waals surface area contributed by atoms with Gasteiger partial charge in [0.1, 0.15) is 30.5 Å². The van der Waals surface area contributed by atoms with Crippen LogP contribution in [0.25, 0.3) is 0 Å². The first-order valence-corrected chi connectivity index (χ1v) is 17.6. The number of ketones is 1. The molecule has 0 saturated carbocycles. The Kier molecular flexibility index (Phi) is 21.2. The molecule has 8 amide bonds. The molecule has 3 atom stereocenters. The van der Waals surface area contributed by atoms with Gasteiger partial charge in [0.05, 0.1) is 13.2 Å². The van der Waals surface area contributed by atoms with Crippen molar-refractivity contribution in [1.29, 1.82) is 0 Å². The summed E-state index contributed by atoms with van der Waals surface area (Å²) in [5.41, 5.74) is 11.1. The number of benzene rings is 1. The van der Waals surface area contributed by atoms with Crippen molar-refractivity contribution in [2.24, 2.45) is 17.4 Å². The highest BCUT2D eigenvalue weighted by atomic mass is 16.5. The van der Waals surface area contributed by atoms with Crippen molar-refractivity contribution < 1.29 is 52.6 Å². The van der Waals surface area contributed by atoms with E-state index in [2.05, 4.69) is 31.9 Å². The van der Waals surface area contributed by atoms with Gasteiger partial charge in [-0.25, -0.2) is 4.79 Å². The maximum Gasteiger partial charge on any atom is 0.312 e. The molecule has 0 aliphatic heterocycles. The highest BCUT2D eigenvalue weighted by molar-refractivity contribution is 6.01. The van der Waals surface area contributed by atoms with E-state index < -0.39 is 71.5 Å². The summed E-state index contributed by atoms with van der Waals surface area (Å²) < 4.78 is 10.4. The molecule has 0 bridgehead atoms. The lowest BCUT2D eigenvalue weighted by Crippen LogP contribution is -2.58. The zero-order valence-electron chi connectivity index (χ0n) is 31.5. The number of amides is 8. The number of urea groups is 1. The SMILES string of the molecule is CCC(=O)OCc1ccc(NC(=O)[C@H](CCCNC(N)=O)NC(=O)[C@@H](NC(=O)[C@H](CCC(N)=O)NC(=O)CCOCCC(C)=O)C(C)C)cc1C(=O)NC. The standard InChI is InChI=1S/C35H54N8O11/c1-6-29(47)54-19-22-9-10-23(18-24(22)31(48)38-5)40-32(49)25(8-7-15-39-35(37)52)42-34(51)30(20(2)3)43-33(50)26(11-12-27(36)45)41-28(46)14-17-53-16-13-21(4)44/h9-10,18,20,25-26,30H,6-8,11-17,19H2,1-5H3,(H2,36,45)(H,38,48)(H,40,49)(H,41,46)(H,42,51)(H,43,50)(H3,37,39,52)/t25-,26-,30-/m0/s1. The van der Waals surface area contributed by atoms with Gasteiger partial charge in [-0.15, -0.1) is 0 Å².